The van der Waals surface area contributed by atoms with Gasteiger partial charge in [0.05, 0.1) is 5.69 Å². The highest BCUT2D eigenvalue weighted by atomic mass is 32.1. The van der Waals surface area contributed by atoms with E-state index in [1.807, 2.05) is 0 Å². The van der Waals surface area contributed by atoms with Crippen molar-refractivity contribution in [2.24, 2.45) is 5.92 Å². The molecule has 4 nitrogen and oxygen atoms in total. The van der Waals surface area contributed by atoms with Gasteiger partial charge in [0.1, 0.15) is 0 Å². The Labute approximate surface area is 120 Å². The molecule has 2 rings (SSSR count). The molecule has 1 saturated heterocycles. The van der Waals surface area contributed by atoms with Crippen LogP contribution in [0.3, 0.4) is 0 Å². The quantitative estimate of drug-likeness (QED) is 0.780. The lowest BCUT2D eigenvalue weighted by atomic mass is 10.0. The molecule has 0 amide bonds. The molecule has 108 valence electrons. The minimum absolute atomic E-state index is 0.754. The fraction of sp³-hybridized carbons (Fsp3) is 0.786. The highest BCUT2D eigenvalue weighted by Gasteiger charge is 2.17. The zero-order chi connectivity index (χ0) is 13.5. The van der Waals surface area contributed by atoms with Crippen LogP contribution in [0.5, 0.6) is 0 Å². The second-order valence-electron chi connectivity index (χ2n) is 5.23. The Morgan fingerprint density at radius 2 is 2.26 bits per heavy atom. The van der Waals surface area contributed by atoms with Crippen molar-refractivity contribution in [1.82, 2.24) is 10.3 Å². The summed E-state index contributed by atoms with van der Waals surface area (Å²) in [4.78, 5) is 6.99. The fourth-order valence-electron chi connectivity index (χ4n) is 2.34. The van der Waals surface area contributed by atoms with Crippen LogP contribution in [0.15, 0.2) is 5.38 Å². The zero-order valence-electron chi connectivity index (χ0n) is 12.0. The average molecular weight is 283 g/mol. The Morgan fingerprint density at radius 3 is 3.00 bits per heavy atom. The highest BCUT2D eigenvalue weighted by molar-refractivity contribution is 7.13. The van der Waals surface area contributed by atoms with Gasteiger partial charge >= 0.3 is 0 Å². The summed E-state index contributed by atoms with van der Waals surface area (Å²) < 4.78 is 5.41. The molecule has 0 aromatic carbocycles. The summed E-state index contributed by atoms with van der Waals surface area (Å²) in [6.07, 6.45) is 3.53. The van der Waals surface area contributed by atoms with Crippen molar-refractivity contribution in [2.75, 3.05) is 38.3 Å². The van der Waals surface area contributed by atoms with E-state index in [0.717, 1.165) is 49.6 Å². The third-order valence-corrected chi connectivity index (χ3v) is 4.48. The van der Waals surface area contributed by atoms with E-state index >= 15 is 0 Å². The lowest BCUT2D eigenvalue weighted by Gasteiger charge is -2.26. The summed E-state index contributed by atoms with van der Waals surface area (Å²) in [6, 6.07) is 0. The van der Waals surface area contributed by atoms with E-state index in [2.05, 4.69) is 29.6 Å². The Morgan fingerprint density at radius 1 is 1.47 bits per heavy atom. The average Bonchev–Trinajstić information content (AvgIpc) is 2.89. The lowest BCUT2D eigenvalue weighted by molar-refractivity contribution is 0.0685. The molecule has 1 N–H and O–H groups in total. The van der Waals surface area contributed by atoms with Crippen molar-refractivity contribution in [3.63, 3.8) is 0 Å². The molecule has 0 aliphatic carbocycles. The number of anilines is 1. The smallest absolute Gasteiger partial charge is 0.185 e. The number of rotatable bonds is 7. The van der Waals surface area contributed by atoms with Crippen LogP contribution in [0.25, 0.3) is 0 Å². The monoisotopic (exact) mass is 283 g/mol. The molecule has 1 aliphatic rings. The van der Waals surface area contributed by atoms with Gasteiger partial charge in [-0.3, -0.25) is 0 Å². The van der Waals surface area contributed by atoms with Gasteiger partial charge in [0.15, 0.2) is 5.13 Å². The Bertz CT molecular complexity index is 363. The third-order valence-electron chi connectivity index (χ3n) is 3.47. The van der Waals surface area contributed by atoms with Gasteiger partial charge in [-0.25, -0.2) is 4.98 Å². The van der Waals surface area contributed by atoms with Crippen molar-refractivity contribution in [3.8, 4) is 0 Å². The van der Waals surface area contributed by atoms with Gasteiger partial charge in [-0.05, 0) is 31.7 Å². The van der Waals surface area contributed by atoms with Crippen molar-refractivity contribution in [1.29, 1.82) is 0 Å². The first kappa shape index (κ1) is 14.8. The molecule has 1 aliphatic heterocycles. The van der Waals surface area contributed by atoms with Crippen LogP contribution in [0.1, 0.15) is 31.9 Å². The first-order valence-corrected chi connectivity index (χ1v) is 8.11. The highest BCUT2D eigenvalue weighted by Crippen LogP contribution is 2.23. The van der Waals surface area contributed by atoms with E-state index < -0.39 is 0 Å². The van der Waals surface area contributed by atoms with Crippen molar-refractivity contribution in [3.05, 3.63) is 11.1 Å². The van der Waals surface area contributed by atoms with Gasteiger partial charge < -0.3 is 15.0 Å². The molecular weight excluding hydrogens is 258 g/mol. The van der Waals surface area contributed by atoms with E-state index in [9.17, 15) is 0 Å². The molecule has 0 radical (unpaired) electrons. The molecular formula is C14H25N3OS. The molecule has 19 heavy (non-hydrogen) atoms. The Balaban J connectivity index is 1.79. The van der Waals surface area contributed by atoms with Crippen LogP contribution in [0, 0.1) is 5.92 Å². The van der Waals surface area contributed by atoms with Crippen LogP contribution in [0.2, 0.25) is 0 Å². The maximum atomic E-state index is 5.41. The van der Waals surface area contributed by atoms with Crippen LogP contribution in [0.4, 0.5) is 5.13 Å². The van der Waals surface area contributed by atoms with Crippen molar-refractivity contribution in [2.45, 2.75) is 32.7 Å². The van der Waals surface area contributed by atoms with Crippen LogP contribution in [-0.2, 0) is 11.3 Å². The van der Waals surface area contributed by atoms with E-state index in [0.29, 0.717) is 0 Å². The van der Waals surface area contributed by atoms with Gasteiger partial charge in [0, 0.05) is 38.7 Å². The molecule has 0 atom stereocenters. The van der Waals surface area contributed by atoms with Crippen molar-refractivity contribution < 1.29 is 4.74 Å². The third kappa shape index (κ3) is 4.75. The molecule has 1 fully saturated rings. The van der Waals surface area contributed by atoms with E-state index in [4.69, 9.17) is 9.72 Å². The summed E-state index contributed by atoms with van der Waals surface area (Å²) in [5.41, 5.74) is 1.16. The lowest BCUT2D eigenvalue weighted by Crippen LogP contribution is -2.29. The molecule has 1 aromatic heterocycles. The van der Waals surface area contributed by atoms with Gasteiger partial charge in [0.25, 0.3) is 0 Å². The fourth-order valence-corrected chi connectivity index (χ4v) is 3.14. The molecule has 0 saturated carbocycles. The van der Waals surface area contributed by atoms with Gasteiger partial charge in [-0.2, -0.15) is 0 Å². The number of hydrogen-bond donors (Lipinski definition) is 1. The SMILES string of the molecule is CCCNCc1csc(N(C)CC2CCOCC2)n1. The molecule has 5 heteroatoms. The first-order chi connectivity index (χ1) is 9.29. The normalized spacial score (nSPS) is 16.7. The Hall–Kier alpha value is -0.650. The first-order valence-electron chi connectivity index (χ1n) is 7.23. The topological polar surface area (TPSA) is 37.4 Å². The summed E-state index contributed by atoms with van der Waals surface area (Å²) in [7, 11) is 2.15. The molecule has 0 unspecified atom stereocenters. The minimum atomic E-state index is 0.754. The van der Waals surface area contributed by atoms with E-state index in [-0.39, 0.29) is 0 Å². The molecule has 1 aromatic rings. The Kier molecular flexibility index (Phi) is 6.07. The van der Waals surface area contributed by atoms with Crippen molar-refractivity contribution >= 4 is 16.5 Å². The van der Waals surface area contributed by atoms with E-state index in [1.165, 1.54) is 19.3 Å². The van der Waals surface area contributed by atoms with Crippen LogP contribution in [-0.4, -0.2) is 38.3 Å². The largest absolute Gasteiger partial charge is 0.381 e. The molecule has 0 bridgehead atoms. The van der Waals surface area contributed by atoms with Gasteiger partial charge in [-0.1, -0.05) is 6.92 Å². The van der Waals surface area contributed by atoms with Gasteiger partial charge in [0.2, 0.25) is 0 Å². The molecule has 0 spiro atoms. The standard InChI is InChI=1S/C14H25N3OS/c1-3-6-15-9-13-11-19-14(16-13)17(2)10-12-4-7-18-8-5-12/h11-12,15H,3-10H2,1-2H3. The predicted octanol–water partition coefficient (Wildman–Crippen LogP) is 2.51. The molecule has 2 heterocycles. The second-order valence-corrected chi connectivity index (χ2v) is 6.07. The van der Waals surface area contributed by atoms with E-state index in [1.54, 1.807) is 11.3 Å². The number of thiazole rings is 1. The summed E-state index contributed by atoms with van der Waals surface area (Å²) in [5, 5.41) is 6.70. The summed E-state index contributed by atoms with van der Waals surface area (Å²) in [5.74, 6) is 0.754. The van der Waals surface area contributed by atoms with Crippen LogP contribution < -0.4 is 10.2 Å². The number of hydrogen-bond acceptors (Lipinski definition) is 5. The maximum absolute atomic E-state index is 5.41. The van der Waals surface area contributed by atoms with Crippen LogP contribution >= 0.6 is 11.3 Å². The zero-order valence-corrected chi connectivity index (χ0v) is 12.8. The number of aromatic nitrogens is 1. The maximum Gasteiger partial charge on any atom is 0.185 e. The van der Waals surface area contributed by atoms with Gasteiger partial charge in [-0.15, -0.1) is 11.3 Å². The summed E-state index contributed by atoms with van der Waals surface area (Å²) in [6.45, 7) is 7.06. The number of nitrogens with zero attached hydrogens (tertiary/aromatic N) is 2. The number of ether oxygens (including phenoxy) is 1. The number of nitrogens with one attached hydrogen (secondary N) is 1. The minimum Gasteiger partial charge on any atom is -0.381 e. The predicted molar refractivity (Wildman–Crippen MR) is 80.9 cm³/mol. The second kappa shape index (κ2) is 7.82. The summed E-state index contributed by atoms with van der Waals surface area (Å²) >= 11 is 1.75.